The van der Waals surface area contributed by atoms with Crippen molar-refractivity contribution in [2.75, 3.05) is 0 Å². The number of Topliss-reactive ketones (excluding diaryl/α,β-unsaturated/α-hetero) is 1. The molecule has 0 spiro atoms. The van der Waals surface area contributed by atoms with E-state index in [0.29, 0.717) is 0 Å². The lowest BCUT2D eigenvalue weighted by Gasteiger charge is -2.02. The van der Waals surface area contributed by atoms with Crippen molar-refractivity contribution in [1.29, 1.82) is 0 Å². The van der Waals surface area contributed by atoms with Gasteiger partial charge < -0.3 is 4.74 Å². The molecule has 0 saturated heterocycles. The Morgan fingerprint density at radius 3 is 2.50 bits per heavy atom. The maximum atomic E-state index is 13.1. The third-order valence-electron chi connectivity index (χ3n) is 1.53. The molecular formula is C9H6ClFO3. The van der Waals surface area contributed by atoms with Gasteiger partial charge in [0.15, 0.2) is 17.3 Å². The van der Waals surface area contributed by atoms with Gasteiger partial charge in [-0.05, 0) is 25.1 Å². The number of rotatable bonds is 2. The molecule has 3 nitrogen and oxygen atoms in total. The number of hydrogen-bond donors (Lipinski definition) is 0. The maximum absolute atomic E-state index is 13.1. The number of carbonyl (C=O) groups excluding carboxylic acids is 2. The quantitative estimate of drug-likeness (QED) is 0.564. The molecule has 0 heterocycles. The Balaban J connectivity index is 3.01. The summed E-state index contributed by atoms with van der Waals surface area (Å²) in [5, 5.41) is 0. The predicted molar refractivity (Wildman–Crippen MR) is 48.3 cm³/mol. The monoisotopic (exact) mass is 216 g/mol. The van der Waals surface area contributed by atoms with E-state index in [2.05, 4.69) is 4.74 Å². The molecule has 1 aromatic carbocycles. The van der Waals surface area contributed by atoms with Crippen molar-refractivity contribution in [3.05, 3.63) is 29.6 Å². The number of ether oxygens (including phenoxy) is 1. The van der Waals surface area contributed by atoms with Gasteiger partial charge in [-0.3, -0.25) is 4.79 Å². The summed E-state index contributed by atoms with van der Waals surface area (Å²) in [5.41, 5.74) is -0.920. The molecule has 1 rings (SSSR count). The molecule has 5 heteroatoms. The lowest BCUT2D eigenvalue weighted by molar-refractivity contribution is 0.101. The van der Waals surface area contributed by atoms with E-state index in [4.69, 9.17) is 11.6 Å². The van der Waals surface area contributed by atoms with E-state index < -0.39 is 11.2 Å². The van der Waals surface area contributed by atoms with Crippen LogP contribution in [0.4, 0.5) is 9.18 Å². The van der Waals surface area contributed by atoms with Crippen molar-refractivity contribution >= 4 is 22.8 Å². The zero-order valence-corrected chi connectivity index (χ0v) is 7.97. The number of benzene rings is 1. The topological polar surface area (TPSA) is 43.4 Å². The van der Waals surface area contributed by atoms with Crippen LogP contribution in [0.2, 0.25) is 0 Å². The average molecular weight is 217 g/mol. The van der Waals surface area contributed by atoms with Crippen LogP contribution in [-0.4, -0.2) is 11.2 Å². The first-order chi connectivity index (χ1) is 6.50. The summed E-state index contributed by atoms with van der Waals surface area (Å²) >= 11 is 4.89. The van der Waals surface area contributed by atoms with E-state index >= 15 is 0 Å². The van der Waals surface area contributed by atoms with Gasteiger partial charge in [-0.2, -0.15) is 0 Å². The Morgan fingerprint density at radius 2 is 2.07 bits per heavy atom. The first kappa shape index (κ1) is 10.7. The van der Waals surface area contributed by atoms with Gasteiger partial charge in [-0.15, -0.1) is 0 Å². The number of halogens is 2. The summed E-state index contributed by atoms with van der Waals surface area (Å²) < 4.78 is 17.4. The van der Waals surface area contributed by atoms with Crippen LogP contribution < -0.4 is 4.74 Å². The average Bonchev–Trinajstić information content (AvgIpc) is 2.07. The third-order valence-corrected chi connectivity index (χ3v) is 1.61. The van der Waals surface area contributed by atoms with Gasteiger partial charge in [0.2, 0.25) is 0 Å². The fourth-order valence-corrected chi connectivity index (χ4v) is 0.972. The second-order valence-electron chi connectivity index (χ2n) is 2.54. The summed E-state index contributed by atoms with van der Waals surface area (Å²) in [7, 11) is 0. The zero-order chi connectivity index (χ0) is 10.7. The first-order valence-electron chi connectivity index (χ1n) is 3.68. The molecule has 0 aliphatic rings. The standard InChI is InChI=1S/C9H6ClFO3/c1-5(12)6-2-3-8(7(11)4-6)14-9(10)13/h2-4H,1H3. The smallest absolute Gasteiger partial charge is 0.409 e. The molecule has 0 atom stereocenters. The third kappa shape index (κ3) is 2.53. The van der Waals surface area contributed by atoms with Gasteiger partial charge in [0.25, 0.3) is 0 Å². The van der Waals surface area contributed by atoms with Crippen LogP contribution >= 0.6 is 11.6 Å². The molecule has 0 fully saturated rings. The summed E-state index contributed by atoms with van der Waals surface area (Å²) in [4.78, 5) is 21.1. The molecule has 0 radical (unpaired) electrons. The van der Waals surface area contributed by atoms with E-state index in [0.717, 1.165) is 6.07 Å². The molecule has 0 unspecified atom stereocenters. The Hall–Kier alpha value is -1.42. The van der Waals surface area contributed by atoms with Gasteiger partial charge in [0, 0.05) is 17.2 Å². The van der Waals surface area contributed by atoms with Gasteiger partial charge in [0.05, 0.1) is 0 Å². The highest BCUT2D eigenvalue weighted by atomic mass is 35.5. The molecule has 14 heavy (non-hydrogen) atoms. The lowest BCUT2D eigenvalue weighted by Crippen LogP contribution is -2.00. The van der Waals surface area contributed by atoms with Crippen molar-refractivity contribution in [2.45, 2.75) is 6.92 Å². The summed E-state index contributed by atoms with van der Waals surface area (Å²) in [5.74, 6) is -1.37. The van der Waals surface area contributed by atoms with E-state index in [1.807, 2.05) is 0 Å². The van der Waals surface area contributed by atoms with E-state index in [-0.39, 0.29) is 17.1 Å². The second-order valence-corrected chi connectivity index (χ2v) is 2.85. The van der Waals surface area contributed by atoms with Crippen LogP contribution in [0, 0.1) is 5.82 Å². The fourth-order valence-electron chi connectivity index (χ4n) is 0.889. The number of hydrogen-bond acceptors (Lipinski definition) is 3. The Bertz CT molecular complexity index is 390. The van der Waals surface area contributed by atoms with Gasteiger partial charge in [0.1, 0.15) is 0 Å². The molecule has 0 N–H and O–H groups in total. The summed E-state index contributed by atoms with van der Waals surface area (Å²) in [6, 6.07) is 3.50. The van der Waals surface area contributed by atoms with Crippen LogP contribution in [-0.2, 0) is 0 Å². The molecule has 0 saturated carbocycles. The molecule has 1 aromatic rings. The Morgan fingerprint density at radius 1 is 1.43 bits per heavy atom. The maximum Gasteiger partial charge on any atom is 0.409 e. The summed E-state index contributed by atoms with van der Waals surface area (Å²) in [6.45, 7) is 1.31. The molecule has 74 valence electrons. The molecule has 0 amide bonds. The predicted octanol–water partition coefficient (Wildman–Crippen LogP) is 2.77. The fraction of sp³-hybridized carbons (Fsp3) is 0.111. The van der Waals surface area contributed by atoms with Crippen molar-refractivity contribution < 1.29 is 18.7 Å². The molecule has 0 aromatic heterocycles. The van der Waals surface area contributed by atoms with E-state index in [1.54, 1.807) is 0 Å². The van der Waals surface area contributed by atoms with Crippen molar-refractivity contribution in [2.24, 2.45) is 0 Å². The first-order valence-corrected chi connectivity index (χ1v) is 4.06. The van der Waals surface area contributed by atoms with Gasteiger partial charge in [-0.1, -0.05) is 0 Å². The second kappa shape index (κ2) is 4.19. The normalized spacial score (nSPS) is 9.64. The highest BCUT2D eigenvalue weighted by Gasteiger charge is 2.09. The lowest BCUT2D eigenvalue weighted by atomic mass is 10.1. The van der Waals surface area contributed by atoms with Crippen LogP contribution in [0.25, 0.3) is 0 Å². The van der Waals surface area contributed by atoms with Gasteiger partial charge in [-0.25, -0.2) is 9.18 Å². The van der Waals surface area contributed by atoms with Crippen molar-refractivity contribution in [3.63, 3.8) is 0 Å². The summed E-state index contributed by atoms with van der Waals surface area (Å²) in [6.07, 6.45) is 0. The minimum Gasteiger partial charge on any atom is -0.411 e. The van der Waals surface area contributed by atoms with E-state index in [9.17, 15) is 14.0 Å². The van der Waals surface area contributed by atoms with E-state index in [1.165, 1.54) is 19.1 Å². The minimum absolute atomic E-state index is 0.205. The molecule has 0 aliphatic heterocycles. The minimum atomic E-state index is -1.13. The Kier molecular flexibility index (Phi) is 3.19. The van der Waals surface area contributed by atoms with Crippen LogP contribution in [0.15, 0.2) is 18.2 Å². The number of carbonyl (C=O) groups is 2. The Labute approximate surface area is 84.4 Å². The molecule has 0 bridgehead atoms. The van der Waals surface area contributed by atoms with Gasteiger partial charge >= 0.3 is 5.43 Å². The SMILES string of the molecule is CC(=O)c1ccc(OC(=O)Cl)c(F)c1. The van der Waals surface area contributed by atoms with Crippen LogP contribution in [0.1, 0.15) is 17.3 Å². The molecular weight excluding hydrogens is 211 g/mol. The van der Waals surface area contributed by atoms with Crippen LogP contribution in [0.3, 0.4) is 0 Å². The highest BCUT2D eigenvalue weighted by Crippen LogP contribution is 2.19. The number of ketones is 1. The van der Waals surface area contributed by atoms with Crippen LogP contribution in [0.5, 0.6) is 5.75 Å². The van der Waals surface area contributed by atoms with Crippen molar-refractivity contribution in [3.8, 4) is 5.75 Å². The highest BCUT2D eigenvalue weighted by molar-refractivity contribution is 6.61. The van der Waals surface area contributed by atoms with Crippen molar-refractivity contribution in [1.82, 2.24) is 0 Å². The largest absolute Gasteiger partial charge is 0.411 e. The zero-order valence-electron chi connectivity index (χ0n) is 7.21. The molecule has 0 aliphatic carbocycles.